The smallest absolute Gasteiger partial charge is 0.230 e. The summed E-state index contributed by atoms with van der Waals surface area (Å²) in [6.45, 7) is 5.23. The molecule has 0 spiro atoms. The Morgan fingerprint density at radius 1 is 1.21 bits per heavy atom. The topological polar surface area (TPSA) is 51.1 Å². The Kier molecular flexibility index (Phi) is 6.13. The van der Waals surface area contributed by atoms with Crippen molar-refractivity contribution in [2.75, 3.05) is 37.0 Å². The minimum Gasteiger partial charge on any atom is -0.378 e. The average Bonchev–Trinajstić information content (AvgIpc) is 2.44. The van der Waals surface area contributed by atoms with Gasteiger partial charge in [-0.1, -0.05) is 31.5 Å². The molecule has 19 heavy (non-hydrogen) atoms. The molecular formula is C12H19ClN4OS. The highest BCUT2D eigenvalue weighted by molar-refractivity contribution is 7.99. The largest absolute Gasteiger partial charge is 0.378 e. The maximum atomic E-state index is 5.98. The molecule has 0 N–H and O–H groups in total. The van der Waals surface area contributed by atoms with Crippen LogP contribution in [-0.2, 0) is 4.74 Å². The van der Waals surface area contributed by atoms with Gasteiger partial charge in [0.05, 0.1) is 13.2 Å². The Morgan fingerprint density at radius 2 is 2.00 bits per heavy atom. The van der Waals surface area contributed by atoms with Gasteiger partial charge >= 0.3 is 0 Å². The Balaban J connectivity index is 1.97. The minimum atomic E-state index is 0.273. The second-order valence-electron chi connectivity index (χ2n) is 4.34. The monoisotopic (exact) mass is 302 g/mol. The van der Waals surface area contributed by atoms with Gasteiger partial charge in [-0.05, 0) is 18.0 Å². The van der Waals surface area contributed by atoms with Crippen LogP contribution in [0.1, 0.15) is 26.2 Å². The lowest BCUT2D eigenvalue weighted by Crippen LogP contribution is -2.37. The molecule has 0 atom stereocenters. The SMILES string of the molecule is CCCCCSc1nc(Cl)nc(N2CCOCC2)n1. The van der Waals surface area contributed by atoms with E-state index in [4.69, 9.17) is 16.3 Å². The van der Waals surface area contributed by atoms with Crippen molar-refractivity contribution < 1.29 is 4.74 Å². The molecule has 0 bridgehead atoms. The molecule has 1 aliphatic rings. The fraction of sp³-hybridized carbons (Fsp3) is 0.750. The Bertz CT molecular complexity index is 401. The van der Waals surface area contributed by atoms with Crippen molar-refractivity contribution in [3.05, 3.63) is 5.28 Å². The van der Waals surface area contributed by atoms with Crippen molar-refractivity contribution in [2.24, 2.45) is 0 Å². The molecule has 0 aliphatic carbocycles. The van der Waals surface area contributed by atoms with Gasteiger partial charge in [0.15, 0.2) is 5.16 Å². The van der Waals surface area contributed by atoms with Crippen molar-refractivity contribution in [3.8, 4) is 0 Å². The number of rotatable bonds is 6. The summed E-state index contributed by atoms with van der Waals surface area (Å²) in [7, 11) is 0. The Labute approximate surface area is 123 Å². The number of ether oxygens (including phenoxy) is 1. The summed E-state index contributed by atoms with van der Waals surface area (Å²) < 4.78 is 5.32. The molecular weight excluding hydrogens is 284 g/mol. The zero-order valence-electron chi connectivity index (χ0n) is 11.1. The van der Waals surface area contributed by atoms with E-state index in [-0.39, 0.29) is 5.28 Å². The molecule has 1 aromatic rings. The fourth-order valence-electron chi connectivity index (χ4n) is 1.81. The fourth-order valence-corrected chi connectivity index (χ4v) is 2.84. The summed E-state index contributed by atoms with van der Waals surface area (Å²) in [4.78, 5) is 14.9. The number of nitrogens with zero attached hydrogens (tertiary/aromatic N) is 4. The third-order valence-corrected chi connectivity index (χ3v) is 3.95. The zero-order valence-corrected chi connectivity index (χ0v) is 12.7. The van der Waals surface area contributed by atoms with E-state index in [0.29, 0.717) is 19.2 Å². The van der Waals surface area contributed by atoms with Crippen molar-refractivity contribution in [1.29, 1.82) is 0 Å². The molecule has 1 saturated heterocycles. The van der Waals surface area contributed by atoms with Crippen LogP contribution in [0.5, 0.6) is 0 Å². The standard InChI is InChI=1S/C12H19ClN4OS/c1-2-3-4-9-19-12-15-10(13)14-11(16-12)17-5-7-18-8-6-17/h2-9H2,1H3. The van der Waals surface area contributed by atoms with Crippen LogP contribution in [0.2, 0.25) is 5.28 Å². The highest BCUT2D eigenvalue weighted by Gasteiger charge is 2.16. The normalized spacial score (nSPS) is 15.8. The number of unbranched alkanes of at least 4 members (excludes halogenated alkanes) is 2. The van der Waals surface area contributed by atoms with Gasteiger partial charge in [-0.25, -0.2) is 0 Å². The lowest BCUT2D eigenvalue weighted by atomic mass is 10.3. The maximum Gasteiger partial charge on any atom is 0.230 e. The van der Waals surface area contributed by atoms with E-state index in [1.807, 2.05) is 0 Å². The van der Waals surface area contributed by atoms with E-state index in [9.17, 15) is 0 Å². The predicted octanol–water partition coefficient (Wildman–Crippen LogP) is 2.64. The lowest BCUT2D eigenvalue weighted by molar-refractivity contribution is 0.122. The van der Waals surface area contributed by atoms with E-state index < -0.39 is 0 Å². The number of morpholine rings is 1. The summed E-state index contributed by atoms with van der Waals surface area (Å²) in [5.41, 5.74) is 0. The van der Waals surface area contributed by atoms with Gasteiger partial charge < -0.3 is 9.64 Å². The molecule has 2 heterocycles. The van der Waals surface area contributed by atoms with E-state index in [1.54, 1.807) is 11.8 Å². The molecule has 0 unspecified atom stereocenters. The Morgan fingerprint density at radius 3 is 2.74 bits per heavy atom. The molecule has 1 aromatic heterocycles. The van der Waals surface area contributed by atoms with Gasteiger partial charge in [-0.15, -0.1) is 0 Å². The van der Waals surface area contributed by atoms with E-state index in [0.717, 1.165) is 24.0 Å². The molecule has 106 valence electrons. The van der Waals surface area contributed by atoms with Gasteiger partial charge in [0.2, 0.25) is 11.2 Å². The van der Waals surface area contributed by atoms with E-state index >= 15 is 0 Å². The molecule has 7 heteroatoms. The number of thioether (sulfide) groups is 1. The summed E-state index contributed by atoms with van der Waals surface area (Å²) in [5, 5.41) is 0.993. The second-order valence-corrected chi connectivity index (χ2v) is 5.74. The zero-order chi connectivity index (χ0) is 13.5. The van der Waals surface area contributed by atoms with Crippen LogP contribution < -0.4 is 4.90 Å². The molecule has 2 rings (SSSR count). The van der Waals surface area contributed by atoms with Gasteiger partial charge in [0, 0.05) is 18.8 Å². The van der Waals surface area contributed by atoms with Gasteiger partial charge in [0.25, 0.3) is 0 Å². The van der Waals surface area contributed by atoms with Gasteiger partial charge in [-0.3, -0.25) is 0 Å². The first kappa shape index (κ1) is 14.8. The van der Waals surface area contributed by atoms with Gasteiger partial charge in [0.1, 0.15) is 0 Å². The third-order valence-electron chi connectivity index (χ3n) is 2.85. The molecule has 0 radical (unpaired) electrons. The summed E-state index contributed by atoms with van der Waals surface area (Å²) >= 11 is 7.62. The Hall–Kier alpha value is -0.590. The molecule has 1 aliphatic heterocycles. The van der Waals surface area contributed by atoms with E-state index in [2.05, 4.69) is 26.8 Å². The lowest BCUT2D eigenvalue weighted by Gasteiger charge is -2.26. The first-order chi connectivity index (χ1) is 9.29. The number of halogens is 1. The third kappa shape index (κ3) is 4.78. The molecule has 0 amide bonds. The average molecular weight is 303 g/mol. The molecule has 5 nitrogen and oxygen atoms in total. The van der Waals surface area contributed by atoms with Gasteiger partial charge in [-0.2, -0.15) is 15.0 Å². The van der Waals surface area contributed by atoms with Crippen molar-refractivity contribution in [2.45, 2.75) is 31.3 Å². The maximum absolute atomic E-state index is 5.98. The molecule has 0 saturated carbocycles. The second kappa shape index (κ2) is 7.87. The van der Waals surface area contributed by atoms with Crippen LogP contribution in [0.4, 0.5) is 5.95 Å². The highest BCUT2D eigenvalue weighted by atomic mass is 35.5. The van der Waals surface area contributed by atoms with Crippen molar-refractivity contribution in [1.82, 2.24) is 15.0 Å². The van der Waals surface area contributed by atoms with Crippen LogP contribution in [0.15, 0.2) is 5.16 Å². The quantitative estimate of drug-likeness (QED) is 0.595. The van der Waals surface area contributed by atoms with Crippen LogP contribution in [0, 0.1) is 0 Å². The molecule has 1 fully saturated rings. The first-order valence-electron chi connectivity index (χ1n) is 6.66. The number of anilines is 1. The summed E-state index contributed by atoms with van der Waals surface area (Å²) in [6.07, 6.45) is 3.64. The van der Waals surface area contributed by atoms with E-state index in [1.165, 1.54) is 19.3 Å². The summed E-state index contributed by atoms with van der Waals surface area (Å²) in [6, 6.07) is 0. The van der Waals surface area contributed by atoms with Crippen LogP contribution in [-0.4, -0.2) is 47.0 Å². The van der Waals surface area contributed by atoms with Crippen LogP contribution >= 0.6 is 23.4 Å². The summed E-state index contributed by atoms with van der Waals surface area (Å²) in [5.74, 6) is 1.69. The number of hydrogen-bond acceptors (Lipinski definition) is 6. The highest BCUT2D eigenvalue weighted by Crippen LogP contribution is 2.20. The predicted molar refractivity (Wildman–Crippen MR) is 78.1 cm³/mol. The number of hydrogen-bond donors (Lipinski definition) is 0. The van der Waals surface area contributed by atoms with Crippen molar-refractivity contribution >= 4 is 29.3 Å². The van der Waals surface area contributed by atoms with Crippen molar-refractivity contribution in [3.63, 3.8) is 0 Å². The minimum absolute atomic E-state index is 0.273. The van der Waals surface area contributed by atoms with Crippen LogP contribution in [0.3, 0.4) is 0 Å². The van der Waals surface area contributed by atoms with Crippen LogP contribution in [0.25, 0.3) is 0 Å². The number of aromatic nitrogens is 3. The molecule has 0 aromatic carbocycles. The first-order valence-corrected chi connectivity index (χ1v) is 8.03.